The summed E-state index contributed by atoms with van der Waals surface area (Å²) in [5.41, 5.74) is 17.5. The molecule has 6 aromatic rings. The zero-order chi connectivity index (χ0) is 40.3. The molecule has 0 fully saturated rings. The highest BCUT2D eigenvalue weighted by atomic mass is 32.2. The van der Waals surface area contributed by atoms with Crippen LogP contribution >= 0.6 is 35.3 Å². The molecule has 2 aliphatic rings. The van der Waals surface area contributed by atoms with E-state index >= 15 is 0 Å². The molecule has 0 unspecified atom stereocenters. The largest absolute Gasteiger partial charge is 0.399 e. The smallest absolute Gasteiger partial charge is 0.266 e. The van der Waals surface area contributed by atoms with Gasteiger partial charge in [-0.05, 0) is 120 Å². The number of nitrogens with two attached hydrogens (primary N) is 2. The van der Waals surface area contributed by atoms with Crippen molar-refractivity contribution in [3.8, 4) is 22.3 Å². The number of nitrogens with zero attached hydrogens (tertiary/aromatic N) is 2. The third kappa shape index (κ3) is 6.38. The summed E-state index contributed by atoms with van der Waals surface area (Å²) in [6.07, 6.45) is 5.18. The van der Waals surface area contributed by atoms with E-state index in [0.29, 0.717) is 26.1 Å². The molecule has 0 saturated heterocycles. The Labute approximate surface area is 341 Å². The van der Waals surface area contributed by atoms with Gasteiger partial charge in [-0.3, -0.25) is 19.2 Å². The summed E-state index contributed by atoms with van der Waals surface area (Å²) in [7, 11) is -4.23. The van der Waals surface area contributed by atoms with Gasteiger partial charge >= 0.3 is 0 Å². The summed E-state index contributed by atoms with van der Waals surface area (Å²) in [5, 5.41) is 0. The average molecular weight is 829 g/mol. The topological polar surface area (TPSA) is 161 Å². The molecule has 4 N–H and O–H groups in total. The molecule has 0 bridgehead atoms. The first-order chi connectivity index (χ1) is 27.4. The predicted molar refractivity (Wildman–Crippen MR) is 229 cm³/mol. The molecule has 284 valence electrons. The quantitative estimate of drug-likeness (QED) is 0.0815. The number of carbonyl (C=O) groups excluding carboxylic acids is 4. The molecule has 4 amide bonds. The summed E-state index contributed by atoms with van der Waals surface area (Å²) in [6.45, 7) is 0. The van der Waals surface area contributed by atoms with E-state index in [0.717, 1.165) is 43.8 Å². The van der Waals surface area contributed by atoms with Gasteiger partial charge in [-0.15, -0.1) is 35.3 Å². The Morgan fingerprint density at radius 3 is 1.39 bits per heavy atom. The number of rotatable bonds is 9. The lowest BCUT2D eigenvalue weighted by Crippen LogP contribution is -2.30. The van der Waals surface area contributed by atoms with Crippen molar-refractivity contribution in [2.45, 2.75) is 24.5 Å². The van der Waals surface area contributed by atoms with Crippen LogP contribution in [0.5, 0.6) is 0 Å². The maximum Gasteiger partial charge on any atom is 0.266 e. The van der Waals surface area contributed by atoms with Gasteiger partial charge in [0.25, 0.3) is 23.6 Å². The van der Waals surface area contributed by atoms with Crippen molar-refractivity contribution in [2.24, 2.45) is 0 Å². The number of carbonyl (C=O) groups is 4. The fourth-order valence-electron chi connectivity index (χ4n) is 7.02. The number of hydrogen-bond acceptors (Lipinski definition) is 11. The second-order valence-electron chi connectivity index (χ2n) is 13.2. The number of hydrogen-bond donors (Lipinski definition) is 2. The summed E-state index contributed by atoms with van der Waals surface area (Å²) in [6, 6.07) is 32.0. The van der Waals surface area contributed by atoms with Gasteiger partial charge in [0.15, 0.2) is 0 Å². The third-order valence-electron chi connectivity index (χ3n) is 9.95. The fraction of sp³-hybridized carbons (Fsp3) is 0.0698. The number of amides is 4. The van der Waals surface area contributed by atoms with Crippen LogP contribution in [-0.4, -0.2) is 50.8 Å². The normalized spacial score (nSPS) is 13.7. The monoisotopic (exact) mass is 828 g/mol. The molecule has 0 radical (unpaired) electrons. The lowest BCUT2D eigenvalue weighted by molar-refractivity contribution is 0.0910. The first-order valence-electron chi connectivity index (χ1n) is 17.3. The molecule has 10 nitrogen and oxygen atoms in total. The highest BCUT2D eigenvalue weighted by Crippen LogP contribution is 2.44. The van der Waals surface area contributed by atoms with Gasteiger partial charge in [0.05, 0.1) is 43.4 Å². The molecule has 57 heavy (non-hydrogen) atoms. The zero-order valence-electron chi connectivity index (χ0n) is 30.6. The lowest BCUT2D eigenvalue weighted by atomic mass is 10.00. The van der Waals surface area contributed by atoms with E-state index < -0.39 is 33.5 Å². The molecule has 0 atom stereocenters. The van der Waals surface area contributed by atoms with Crippen LogP contribution in [0.4, 0.5) is 22.7 Å². The minimum atomic E-state index is -4.23. The molecule has 0 aliphatic carbocycles. The number of fused-ring (bicyclic) bond motifs is 2. The Morgan fingerprint density at radius 1 is 0.439 bits per heavy atom. The van der Waals surface area contributed by atoms with E-state index in [9.17, 15) is 27.6 Å². The van der Waals surface area contributed by atoms with Crippen LogP contribution in [0.3, 0.4) is 0 Å². The highest BCUT2D eigenvalue weighted by molar-refractivity contribution is 8.01. The van der Waals surface area contributed by atoms with Crippen molar-refractivity contribution in [2.75, 3.05) is 40.0 Å². The van der Waals surface area contributed by atoms with E-state index in [-0.39, 0.29) is 43.4 Å². The molecule has 0 aromatic heterocycles. The molecule has 0 spiro atoms. The predicted octanol–water partition coefficient (Wildman–Crippen LogP) is 8.78. The van der Waals surface area contributed by atoms with Crippen molar-refractivity contribution in [3.63, 3.8) is 0 Å². The van der Waals surface area contributed by atoms with Gasteiger partial charge in [-0.25, -0.2) is 18.2 Å². The van der Waals surface area contributed by atoms with Crippen molar-refractivity contribution < 1.29 is 27.6 Å². The van der Waals surface area contributed by atoms with Crippen molar-refractivity contribution in [1.82, 2.24) is 0 Å². The van der Waals surface area contributed by atoms with E-state index in [2.05, 4.69) is 0 Å². The number of sulfone groups is 1. The second kappa shape index (κ2) is 14.6. The minimum absolute atomic E-state index is 0.00989. The Morgan fingerprint density at radius 2 is 0.877 bits per heavy atom. The van der Waals surface area contributed by atoms with Crippen LogP contribution in [0.1, 0.15) is 41.4 Å². The Bertz CT molecular complexity index is 2830. The van der Waals surface area contributed by atoms with Crippen molar-refractivity contribution in [1.29, 1.82) is 0 Å². The third-order valence-corrected chi connectivity index (χ3v) is 14.4. The Hall–Kier alpha value is -5.80. The van der Waals surface area contributed by atoms with Crippen LogP contribution in [0.2, 0.25) is 0 Å². The summed E-state index contributed by atoms with van der Waals surface area (Å²) < 4.78 is 29.2. The molecular weight excluding hydrogens is 797 g/mol. The molecule has 6 aromatic carbocycles. The van der Waals surface area contributed by atoms with E-state index in [1.165, 1.54) is 47.8 Å². The zero-order valence-corrected chi connectivity index (χ0v) is 33.9. The Balaban J connectivity index is 1.12. The number of benzene rings is 6. The molecule has 8 rings (SSSR count). The standard InChI is InChI=1S/C43H32N4O6S4/c1-54-35-22-39(37(56-3)21-34(35)47-41(49)31-16-9-26(19-33(31)43(47)51)24-6-12-28(45)13-7-24)57(52,53)38-17-14-29(20-36(38)55-2)46-40(48)30-15-8-25(18-32(30)42(46)50)23-4-10-27(44)11-5-23/h4-22H,44-45H2,1-3H3. The van der Waals surface area contributed by atoms with Crippen LogP contribution in [-0.2, 0) is 9.84 Å². The van der Waals surface area contributed by atoms with Crippen LogP contribution in [0, 0.1) is 0 Å². The molecule has 14 heteroatoms. The van der Waals surface area contributed by atoms with Gasteiger partial charge < -0.3 is 11.5 Å². The second-order valence-corrected chi connectivity index (χ2v) is 17.6. The van der Waals surface area contributed by atoms with Gasteiger partial charge in [-0.1, -0.05) is 36.4 Å². The first kappa shape index (κ1) is 38.1. The molecule has 0 saturated carbocycles. The number of imide groups is 2. The summed E-state index contributed by atoms with van der Waals surface area (Å²) >= 11 is 3.54. The molecule has 2 aliphatic heterocycles. The molecule has 2 heterocycles. The maximum absolute atomic E-state index is 14.6. The maximum atomic E-state index is 14.6. The van der Waals surface area contributed by atoms with Crippen molar-refractivity contribution in [3.05, 3.63) is 138 Å². The average Bonchev–Trinajstić information content (AvgIpc) is 3.63. The number of nitrogen functional groups attached to an aromatic ring is 2. The van der Waals surface area contributed by atoms with Crippen LogP contribution < -0.4 is 21.3 Å². The SMILES string of the molecule is CSc1cc(S(=O)(=O)c2ccc(N3C(=O)c4ccc(-c5ccc(N)cc5)cc4C3=O)cc2SC)c(SC)cc1N1C(=O)c2ccc(-c3ccc(N)cc3)cc2C1=O. The number of thioether (sulfide) groups is 3. The first-order valence-corrected chi connectivity index (χ1v) is 22.5. The van der Waals surface area contributed by atoms with Crippen LogP contribution in [0.15, 0.2) is 140 Å². The van der Waals surface area contributed by atoms with Gasteiger partial charge in [0, 0.05) is 26.1 Å². The van der Waals surface area contributed by atoms with Crippen molar-refractivity contribution >= 4 is 91.5 Å². The fourth-order valence-corrected chi connectivity index (χ4v) is 11.2. The van der Waals surface area contributed by atoms with Gasteiger partial charge in [-0.2, -0.15) is 0 Å². The lowest BCUT2D eigenvalue weighted by Gasteiger charge is -2.21. The van der Waals surface area contributed by atoms with Crippen LogP contribution in [0.25, 0.3) is 22.3 Å². The summed E-state index contributed by atoms with van der Waals surface area (Å²) in [4.78, 5) is 58.3. The van der Waals surface area contributed by atoms with E-state index in [1.807, 2.05) is 24.3 Å². The molecular formula is C43H32N4O6S4. The minimum Gasteiger partial charge on any atom is -0.399 e. The van der Waals surface area contributed by atoms with Gasteiger partial charge in [0.2, 0.25) is 9.84 Å². The van der Waals surface area contributed by atoms with E-state index in [4.69, 9.17) is 11.5 Å². The highest BCUT2D eigenvalue weighted by Gasteiger charge is 2.40. The number of anilines is 4. The van der Waals surface area contributed by atoms with Gasteiger partial charge in [0.1, 0.15) is 0 Å². The summed E-state index contributed by atoms with van der Waals surface area (Å²) in [5.74, 6) is -2.05. The Kier molecular flexibility index (Phi) is 9.76. The van der Waals surface area contributed by atoms with E-state index in [1.54, 1.807) is 85.5 Å².